The highest BCUT2D eigenvalue weighted by Crippen LogP contribution is 2.49. The van der Waals surface area contributed by atoms with Gasteiger partial charge in [-0.05, 0) is 61.8 Å². The van der Waals surface area contributed by atoms with Gasteiger partial charge in [0.2, 0.25) is 5.91 Å². The van der Waals surface area contributed by atoms with Gasteiger partial charge in [-0.15, -0.1) is 0 Å². The summed E-state index contributed by atoms with van der Waals surface area (Å²) in [4.78, 5) is 23.9. The summed E-state index contributed by atoms with van der Waals surface area (Å²) in [6, 6.07) is 4.64. The van der Waals surface area contributed by atoms with Crippen molar-refractivity contribution < 1.29 is 14.3 Å². The summed E-state index contributed by atoms with van der Waals surface area (Å²) in [7, 11) is 0. The van der Waals surface area contributed by atoms with Crippen molar-refractivity contribution in [3.05, 3.63) is 29.6 Å². The number of thioether (sulfide) groups is 1. The number of pyridine rings is 1. The van der Waals surface area contributed by atoms with Gasteiger partial charge < -0.3 is 10.5 Å². The zero-order valence-corrected chi connectivity index (χ0v) is 14.6. The normalized spacial score (nSPS) is 26.1. The van der Waals surface area contributed by atoms with Crippen molar-refractivity contribution >= 4 is 23.7 Å². The fourth-order valence-corrected chi connectivity index (χ4v) is 4.80. The Hall–Kier alpha value is -1.76. The van der Waals surface area contributed by atoms with Crippen LogP contribution >= 0.6 is 11.8 Å². The van der Waals surface area contributed by atoms with Crippen molar-refractivity contribution in [1.29, 1.82) is 0 Å². The molecule has 2 saturated carbocycles. The number of carbonyl (C=O) groups excluding carboxylic acids is 2. The second kappa shape index (κ2) is 7.42. The monoisotopic (exact) mass is 349 g/mol. The molecule has 24 heavy (non-hydrogen) atoms. The molecule has 7 heteroatoms. The fraction of sp³-hybridized carbons (Fsp3) is 0.588. The number of carbonyl (C=O) groups is 2. The Morgan fingerprint density at radius 1 is 1.38 bits per heavy atom. The maximum atomic E-state index is 12.0. The summed E-state index contributed by atoms with van der Waals surface area (Å²) in [5, 5.41) is 17.2. The van der Waals surface area contributed by atoms with E-state index < -0.39 is 11.9 Å². The third kappa shape index (κ3) is 4.01. The van der Waals surface area contributed by atoms with Crippen LogP contribution in [0.2, 0.25) is 0 Å². The molecule has 6 nitrogen and oxygen atoms in total. The summed E-state index contributed by atoms with van der Waals surface area (Å²) in [5.41, 5.74) is 0. The maximum Gasteiger partial charge on any atom is 0.321 e. The van der Waals surface area contributed by atoms with Gasteiger partial charge in [-0.1, -0.05) is 6.42 Å². The molecule has 2 aliphatic rings. The summed E-state index contributed by atoms with van der Waals surface area (Å²) < 4.78 is 0.704. The largest absolute Gasteiger partial charge is 0.618 e. The molecule has 0 unspecified atom stereocenters. The van der Waals surface area contributed by atoms with E-state index in [1.807, 2.05) is 6.92 Å². The molecule has 1 aromatic heterocycles. The average molecular weight is 349 g/mol. The average Bonchev–Trinajstić information content (AvgIpc) is 3.17. The number of nitrogens with zero attached hydrogens (tertiary/aromatic N) is 1. The Labute approximate surface area is 146 Å². The standard InChI is InChI=1S/C17H23N3O3S/c1-11(14-9-12-5-6-13(14)8-12)18-17(22)19-15(21)10-24-16-4-2-3-7-20(16)23/h2-4,7,11-14H,5-6,8-10H2,1H3,(H2,18,19,21,22)/t11-,12+,13+,14+/m1/s1. The molecule has 4 atom stereocenters. The molecule has 3 rings (SSSR count). The zero-order chi connectivity index (χ0) is 17.1. The molecule has 1 heterocycles. The summed E-state index contributed by atoms with van der Waals surface area (Å²) in [5.74, 6) is 1.71. The van der Waals surface area contributed by atoms with E-state index in [0.717, 1.165) is 23.6 Å². The molecule has 0 radical (unpaired) electrons. The smallest absolute Gasteiger partial charge is 0.321 e. The summed E-state index contributed by atoms with van der Waals surface area (Å²) in [6.45, 7) is 2.02. The lowest BCUT2D eigenvalue weighted by Gasteiger charge is -2.28. The van der Waals surface area contributed by atoms with Crippen molar-refractivity contribution in [2.24, 2.45) is 17.8 Å². The molecule has 0 aliphatic heterocycles. The van der Waals surface area contributed by atoms with Crippen LogP contribution in [-0.4, -0.2) is 23.7 Å². The molecular formula is C17H23N3O3S. The molecule has 3 amide bonds. The van der Waals surface area contributed by atoms with Gasteiger partial charge in [0.1, 0.15) is 0 Å². The number of rotatable bonds is 5. The second-order valence-corrected chi connectivity index (χ2v) is 7.80. The van der Waals surface area contributed by atoms with Gasteiger partial charge in [-0.3, -0.25) is 10.1 Å². The number of nitrogens with one attached hydrogen (secondary N) is 2. The Balaban J connectivity index is 1.41. The molecule has 2 bridgehead atoms. The van der Waals surface area contributed by atoms with Gasteiger partial charge >= 0.3 is 6.03 Å². The van der Waals surface area contributed by atoms with Crippen LogP contribution in [0.5, 0.6) is 0 Å². The highest BCUT2D eigenvalue weighted by atomic mass is 32.2. The molecule has 1 aromatic rings. The number of imide groups is 1. The molecule has 0 aromatic carbocycles. The Bertz CT molecular complexity index is 625. The predicted molar refractivity (Wildman–Crippen MR) is 91.2 cm³/mol. The zero-order valence-electron chi connectivity index (χ0n) is 13.7. The topological polar surface area (TPSA) is 85.1 Å². The van der Waals surface area contributed by atoms with Crippen LogP contribution < -0.4 is 15.4 Å². The molecule has 2 aliphatic carbocycles. The SMILES string of the molecule is C[C@@H](NC(=O)NC(=O)CSc1cccc[n+]1[O-])[C@@H]1C[C@H]2CC[C@H]1C2. The van der Waals surface area contributed by atoms with Crippen LogP contribution in [-0.2, 0) is 4.79 Å². The van der Waals surface area contributed by atoms with E-state index in [1.54, 1.807) is 18.2 Å². The van der Waals surface area contributed by atoms with Gasteiger partial charge in [-0.2, -0.15) is 4.73 Å². The Morgan fingerprint density at radius 2 is 2.21 bits per heavy atom. The van der Waals surface area contributed by atoms with E-state index in [2.05, 4.69) is 10.6 Å². The van der Waals surface area contributed by atoms with Crippen molar-refractivity contribution in [3.63, 3.8) is 0 Å². The number of fused-ring (bicyclic) bond motifs is 2. The predicted octanol–water partition coefficient (Wildman–Crippen LogP) is 2.06. The van der Waals surface area contributed by atoms with Crippen molar-refractivity contribution in [2.75, 3.05) is 5.75 Å². The maximum absolute atomic E-state index is 12.0. The van der Waals surface area contributed by atoms with E-state index in [9.17, 15) is 14.8 Å². The van der Waals surface area contributed by atoms with Gasteiger partial charge in [0.15, 0.2) is 6.20 Å². The van der Waals surface area contributed by atoms with E-state index in [4.69, 9.17) is 0 Å². The quantitative estimate of drug-likeness (QED) is 0.484. The molecule has 2 fully saturated rings. The van der Waals surface area contributed by atoms with E-state index in [1.165, 1.54) is 31.9 Å². The van der Waals surface area contributed by atoms with Crippen LogP contribution in [0.25, 0.3) is 0 Å². The first kappa shape index (κ1) is 17.1. The van der Waals surface area contributed by atoms with E-state index >= 15 is 0 Å². The minimum atomic E-state index is -0.445. The van der Waals surface area contributed by atoms with Crippen molar-refractivity contribution in [1.82, 2.24) is 10.6 Å². The number of aromatic nitrogens is 1. The van der Waals surface area contributed by atoms with E-state index in [-0.39, 0.29) is 11.8 Å². The Morgan fingerprint density at radius 3 is 2.88 bits per heavy atom. The van der Waals surface area contributed by atoms with E-state index in [0.29, 0.717) is 15.7 Å². The highest BCUT2D eigenvalue weighted by molar-refractivity contribution is 7.99. The number of amides is 3. The molecule has 0 spiro atoms. The fourth-order valence-electron chi connectivity index (χ4n) is 4.08. The number of hydrogen-bond acceptors (Lipinski definition) is 4. The summed E-state index contributed by atoms with van der Waals surface area (Å²) in [6.07, 6.45) is 6.46. The van der Waals surface area contributed by atoms with Gasteiger partial charge in [0, 0.05) is 18.2 Å². The lowest BCUT2D eigenvalue weighted by atomic mass is 9.84. The first-order valence-electron chi connectivity index (χ1n) is 8.44. The Kier molecular flexibility index (Phi) is 5.28. The first-order chi connectivity index (χ1) is 11.5. The third-order valence-electron chi connectivity index (χ3n) is 5.19. The van der Waals surface area contributed by atoms with Crippen LogP contribution in [0.4, 0.5) is 4.79 Å². The molecule has 2 N–H and O–H groups in total. The van der Waals surface area contributed by atoms with Gasteiger partial charge in [0.25, 0.3) is 5.03 Å². The minimum absolute atomic E-state index is 0.0299. The minimum Gasteiger partial charge on any atom is -0.618 e. The highest BCUT2D eigenvalue weighted by Gasteiger charge is 2.42. The van der Waals surface area contributed by atoms with Crippen molar-refractivity contribution in [3.8, 4) is 0 Å². The van der Waals surface area contributed by atoms with Gasteiger partial charge in [0.05, 0.1) is 5.75 Å². The second-order valence-electron chi connectivity index (χ2n) is 6.80. The van der Waals surface area contributed by atoms with Gasteiger partial charge in [-0.25, -0.2) is 4.79 Å². The lowest BCUT2D eigenvalue weighted by Crippen LogP contribution is -2.47. The van der Waals surface area contributed by atoms with Crippen LogP contribution in [0.1, 0.15) is 32.6 Å². The van der Waals surface area contributed by atoms with Crippen LogP contribution in [0.15, 0.2) is 29.4 Å². The molecule has 130 valence electrons. The number of hydrogen-bond donors (Lipinski definition) is 2. The molecule has 0 saturated heterocycles. The lowest BCUT2D eigenvalue weighted by molar-refractivity contribution is -0.645. The van der Waals surface area contributed by atoms with Crippen LogP contribution in [0.3, 0.4) is 0 Å². The summed E-state index contributed by atoms with van der Waals surface area (Å²) >= 11 is 1.11. The first-order valence-corrected chi connectivity index (χ1v) is 9.43. The van der Waals surface area contributed by atoms with Crippen molar-refractivity contribution in [2.45, 2.75) is 43.7 Å². The number of urea groups is 1. The third-order valence-corrected chi connectivity index (χ3v) is 6.20. The molecular weight excluding hydrogens is 326 g/mol. The van der Waals surface area contributed by atoms with Crippen LogP contribution in [0, 0.1) is 23.0 Å².